The molecule has 1 aliphatic carbocycles. The van der Waals surface area contributed by atoms with E-state index in [0.29, 0.717) is 25.7 Å². The number of amides is 1. The number of aliphatic hydroxyl groups excluding tert-OH is 8. The summed E-state index contributed by atoms with van der Waals surface area (Å²) in [7, 11) is 0. The molecule has 10 nitrogen and oxygen atoms in total. The van der Waals surface area contributed by atoms with Gasteiger partial charge in [-0.3, -0.25) is 4.79 Å². The van der Waals surface area contributed by atoms with Crippen LogP contribution in [0.2, 0.25) is 0 Å². The molecule has 11 heteroatoms. The molecule has 1 unspecified atom stereocenters. The molecule has 6 atom stereocenters. The van der Waals surface area contributed by atoms with E-state index in [4.69, 9.17) is 0 Å². The molecule has 0 aromatic heterocycles. The molecule has 224 valence electrons. The van der Waals surface area contributed by atoms with E-state index in [1.807, 2.05) is 38.1 Å². The van der Waals surface area contributed by atoms with Crippen LogP contribution in [0.25, 0.3) is 0 Å². The van der Waals surface area contributed by atoms with Crippen molar-refractivity contribution in [1.82, 2.24) is 5.32 Å². The lowest BCUT2D eigenvalue weighted by atomic mass is 9.70. The number of carbonyl (C=O) groups excluding carboxylic acids is 1. The molecule has 2 aliphatic rings. The van der Waals surface area contributed by atoms with Gasteiger partial charge in [0.05, 0.1) is 49.6 Å². The van der Waals surface area contributed by atoms with Crippen LogP contribution in [0.15, 0.2) is 47.2 Å². The lowest BCUT2D eigenvalue weighted by molar-refractivity contribution is -0.125. The molecule has 9 N–H and O–H groups in total. The zero-order chi connectivity index (χ0) is 29.7. The highest BCUT2D eigenvalue weighted by Crippen LogP contribution is 2.51. The van der Waals surface area contributed by atoms with Gasteiger partial charge in [0.2, 0.25) is 5.91 Å². The molecule has 0 spiro atoms. The first-order chi connectivity index (χ1) is 18.9. The maximum absolute atomic E-state index is 12.2. The summed E-state index contributed by atoms with van der Waals surface area (Å²) in [6.45, 7) is 1.70. The van der Waals surface area contributed by atoms with Crippen molar-refractivity contribution in [3.8, 4) is 0 Å². The third-order valence-electron chi connectivity index (χ3n) is 8.22. The Morgan fingerprint density at radius 3 is 2.17 bits per heavy atom. The number of allylic oxidation sites excluding steroid dienone is 4. The van der Waals surface area contributed by atoms with Gasteiger partial charge in [0.25, 0.3) is 0 Å². The van der Waals surface area contributed by atoms with Crippen LogP contribution in [0.4, 0.5) is 0 Å². The summed E-state index contributed by atoms with van der Waals surface area (Å²) in [5, 5.41) is 81.3. The third kappa shape index (κ3) is 7.08. The molecule has 1 fully saturated rings. The van der Waals surface area contributed by atoms with Crippen molar-refractivity contribution in [1.29, 1.82) is 0 Å². The highest BCUT2D eigenvalue weighted by Gasteiger charge is 2.52. The van der Waals surface area contributed by atoms with Crippen LogP contribution < -0.4 is 5.32 Å². The maximum atomic E-state index is 12.2. The zero-order valence-electron chi connectivity index (χ0n) is 23.0. The van der Waals surface area contributed by atoms with Gasteiger partial charge in [0.1, 0.15) is 11.6 Å². The molecule has 1 aromatic rings. The van der Waals surface area contributed by atoms with E-state index in [0.717, 1.165) is 22.3 Å². The van der Waals surface area contributed by atoms with Crippen LogP contribution in [0.3, 0.4) is 0 Å². The number of rotatable bonds is 12. The number of thioether (sulfide) groups is 1. The van der Waals surface area contributed by atoms with Crippen molar-refractivity contribution < 1.29 is 45.6 Å². The highest BCUT2D eigenvalue weighted by molar-refractivity contribution is 8.00. The number of benzene rings is 1. The Hall–Kier alpha value is -1.96. The Kier molecular flexibility index (Phi) is 11.2. The van der Waals surface area contributed by atoms with Crippen LogP contribution in [-0.2, 0) is 17.6 Å². The van der Waals surface area contributed by atoms with Crippen LogP contribution in [0.5, 0.6) is 0 Å². The van der Waals surface area contributed by atoms with Crippen LogP contribution in [0, 0.1) is 5.41 Å². The fraction of sp³-hybridized carbons (Fsp3) is 0.621. The summed E-state index contributed by atoms with van der Waals surface area (Å²) in [4.78, 5) is 12.2. The van der Waals surface area contributed by atoms with Crippen molar-refractivity contribution in [2.45, 2.75) is 80.3 Å². The van der Waals surface area contributed by atoms with Crippen LogP contribution >= 0.6 is 11.8 Å². The number of hydrogen-bond acceptors (Lipinski definition) is 10. The first-order valence-electron chi connectivity index (χ1n) is 13.5. The predicted molar refractivity (Wildman–Crippen MR) is 152 cm³/mol. The molecule has 1 saturated heterocycles. The van der Waals surface area contributed by atoms with Gasteiger partial charge >= 0.3 is 0 Å². The van der Waals surface area contributed by atoms with Crippen molar-refractivity contribution in [3.63, 3.8) is 0 Å². The number of hydrogen-bond donors (Lipinski definition) is 9. The lowest BCUT2D eigenvalue weighted by Gasteiger charge is -2.48. The molecule has 1 heterocycles. The van der Waals surface area contributed by atoms with Gasteiger partial charge in [-0.2, -0.15) is 0 Å². The lowest BCUT2D eigenvalue weighted by Crippen LogP contribution is -2.58. The molecule has 0 radical (unpaired) electrons. The van der Waals surface area contributed by atoms with E-state index in [9.17, 15) is 45.6 Å². The van der Waals surface area contributed by atoms with Gasteiger partial charge in [-0.05, 0) is 55.4 Å². The van der Waals surface area contributed by atoms with E-state index in [1.165, 1.54) is 11.8 Å². The van der Waals surface area contributed by atoms with Crippen molar-refractivity contribution in [3.05, 3.63) is 58.4 Å². The molecule has 0 saturated carbocycles. The normalized spacial score (nSPS) is 29.3. The highest BCUT2D eigenvalue weighted by atomic mass is 32.2. The summed E-state index contributed by atoms with van der Waals surface area (Å²) in [5.74, 6) is -0.263. The van der Waals surface area contributed by atoms with Crippen LogP contribution in [0.1, 0.15) is 44.2 Å². The quantitative estimate of drug-likeness (QED) is 0.164. The molecular weight excluding hydrogens is 538 g/mol. The summed E-state index contributed by atoms with van der Waals surface area (Å²) >= 11 is 1.19. The Labute approximate surface area is 239 Å². The molecular formula is C29H43NO9S. The smallest absolute Gasteiger partial charge is 0.220 e. The molecule has 1 amide bonds. The summed E-state index contributed by atoms with van der Waals surface area (Å²) in [6, 6.07) is 7.99. The Bertz CT molecular complexity index is 1060. The van der Waals surface area contributed by atoms with Gasteiger partial charge in [0.15, 0.2) is 0 Å². The van der Waals surface area contributed by atoms with Gasteiger partial charge < -0.3 is 46.2 Å². The van der Waals surface area contributed by atoms with Gasteiger partial charge in [-0.1, -0.05) is 36.8 Å². The second-order valence-electron chi connectivity index (χ2n) is 11.3. The molecule has 1 aliphatic heterocycles. The summed E-state index contributed by atoms with van der Waals surface area (Å²) in [5.41, 5.74) is 1.74. The van der Waals surface area contributed by atoms with Gasteiger partial charge in [0, 0.05) is 17.1 Å². The second-order valence-corrected chi connectivity index (χ2v) is 12.7. The monoisotopic (exact) mass is 581 g/mol. The van der Waals surface area contributed by atoms with Crippen molar-refractivity contribution in [2.75, 3.05) is 26.4 Å². The van der Waals surface area contributed by atoms with E-state index < -0.39 is 59.6 Å². The SMILES string of the molecule is CC1=C(Cc2ccc(CCCC(=O)NC(CO)(CO)CO)cc2)CC(C)([C@@H]2S[C@H](CO)[C@@H](O)[C@H](O)[C@H]2O)C(O)=C1. The molecule has 3 rings (SSSR count). The maximum Gasteiger partial charge on any atom is 0.220 e. The van der Waals surface area contributed by atoms with E-state index in [1.54, 1.807) is 6.08 Å². The van der Waals surface area contributed by atoms with Crippen LogP contribution in [-0.4, -0.2) is 108 Å². The first-order valence-corrected chi connectivity index (χ1v) is 14.5. The third-order valence-corrected chi connectivity index (χ3v) is 10.1. The van der Waals surface area contributed by atoms with E-state index in [-0.39, 0.29) is 24.7 Å². The number of nitrogens with one attached hydrogen (secondary N) is 1. The van der Waals surface area contributed by atoms with E-state index >= 15 is 0 Å². The molecule has 1 aromatic carbocycles. The average Bonchev–Trinajstić information content (AvgIpc) is 2.94. The number of aliphatic hydroxyl groups is 8. The van der Waals surface area contributed by atoms with Crippen molar-refractivity contribution >= 4 is 17.7 Å². The second kappa shape index (κ2) is 13.8. The van der Waals surface area contributed by atoms with E-state index in [2.05, 4.69) is 5.32 Å². The molecule has 0 bridgehead atoms. The average molecular weight is 582 g/mol. The first kappa shape index (κ1) is 32.6. The minimum absolute atomic E-state index is 0.0965. The Morgan fingerprint density at radius 1 is 1.00 bits per heavy atom. The number of carbonyl (C=O) groups is 1. The van der Waals surface area contributed by atoms with Crippen molar-refractivity contribution in [2.24, 2.45) is 5.41 Å². The topological polar surface area (TPSA) is 191 Å². The Balaban J connectivity index is 1.62. The minimum Gasteiger partial charge on any atom is -0.512 e. The standard InChI is InChI=1S/C29H43NO9S/c1-17-10-22(35)28(2,27-26(39)25(38)24(37)21(13-31)40-27)12-20(17)11-19-8-6-18(7-9-19)4-3-5-23(36)30-29(14-32,15-33)16-34/h6-10,21,24-27,31-35,37-39H,3-5,11-16H2,1-2H3,(H,30,36)/t21-,24-,25+,26-,27-,28?/m1/s1. The predicted octanol–water partition coefficient (Wildman–Crippen LogP) is 0.111. The minimum atomic E-state index is -1.43. The fourth-order valence-electron chi connectivity index (χ4n) is 5.37. The number of aryl methyl sites for hydroxylation is 1. The zero-order valence-corrected chi connectivity index (χ0v) is 23.8. The fourth-order valence-corrected chi connectivity index (χ4v) is 6.98. The Morgan fingerprint density at radius 2 is 1.60 bits per heavy atom. The largest absolute Gasteiger partial charge is 0.512 e. The summed E-state index contributed by atoms with van der Waals surface area (Å²) in [6.07, 6.45) is 0.137. The molecule has 40 heavy (non-hydrogen) atoms. The van der Waals surface area contributed by atoms with Gasteiger partial charge in [-0.15, -0.1) is 11.8 Å². The van der Waals surface area contributed by atoms with Gasteiger partial charge in [-0.25, -0.2) is 0 Å². The summed E-state index contributed by atoms with van der Waals surface area (Å²) < 4.78 is 0.